The van der Waals surface area contributed by atoms with Gasteiger partial charge in [0, 0.05) is 25.8 Å². The number of carboxylic acid groups (broad SMARTS) is 1. The van der Waals surface area contributed by atoms with Crippen LogP contribution in [0.3, 0.4) is 0 Å². The number of amides is 3. The summed E-state index contributed by atoms with van der Waals surface area (Å²) < 4.78 is 35.5. The van der Waals surface area contributed by atoms with E-state index < -0.39 is 30.5 Å². The molecule has 0 fully saturated rings. The molecular formula is C12H19F3N2O4. The molecule has 0 aliphatic rings. The van der Waals surface area contributed by atoms with Crippen molar-refractivity contribution in [1.29, 1.82) is 0 Å². The number of hydrogen-bond acceptors (Lipinski definition) is 3. The Balaban J connectivity index is 3.56. The van der Waals surface area contributed by atoms with Crippen molar-refractivity contribution in [2.45, 2.75) is 51.1 Å². The topological polar surface area (TPSA) is 95.5 Å². The van der Waals surface area contributed by atoms with Crippen molar-refractivity contribution in [2.24, 2.45) is 0 Å². The van der Waals surface area contributed by atoms with E-state index in [2.05, 4.69) is 5.32 Å². The number of hydrogen-bond donors (Lipinski definition) is 3. The number of halogens is 3. The van der Waals surface area contributed by atoms with Gasteiger partial charge in [-0.05, 0) is 25.7 Å². The monoisotopic (exact) mass is 312 g/mol. The summed E-state index contributed by atoms with van der Waals surface area (Å²) in [6.07, 6.45) is -4.37. The average Bonchev–Trinajstić information content (AvgIpc) is 2.32. The van der Waals surface area contributed by atoms with Crippen LogP contribution in [-0.4, -0.2) is 35.7 Å². The number of alkyl halides is 3. The highest BCUT2D eigenvalue weighted by Crippen LogP contribution is 2.21. The van der Waals surface area contributed by atoms with Gasteiger partial charge in [-0.2, -0.15) is 13.2 Å². The van der Waals surface area contributed by atoms with E-state index in [1.165, 1.54) is 0 Å². The number of carboxylic acids is 1. The molecule has 0 rings (SSSR count). The Morgan fingerprint density at radius 1 is 0.952 bits per heavy atom. The lowest BCUT2D eigenvalue weighted by molar-refractivity contribution is -0.137. The molecule has 6 nitrogen and oxygen atoms in total. The molecule has 0 aromatic carbocycles. The zero-order valence-corrected chi connectivity index (χ0v) is 11.5. The summed E-state index contributed by atoms with van der Waals surface area (Å²) in [7, 11) is 0. The molecule has 3 N–H and O–H groups in total. The second-order valence-electron chi connectivity index (χ2n) is 4.48. The number of nitrogens with one attached hydrogen (secondary N) is 2. The van der Waals surface area contributed by atoms with Crippen LogP contribution in [0.4, 0.5) is 18.0 Å². The molecule has 0 bridgehead atoms. The van der Waals surface area contributed by atoms with Gasteiger partial charge in [0.25, 0.3) is 0 Å². The van der Waals surface area contributed by atoms with Gasteiger partial charge in [-0.3, -0.25) is 14.9 Å². The van der Waals surface area contributed by atoms with Gasteiger partial charge in [-0.25, -0.2) is 4.79 Å². The Labute approximate surface area is 120 Å². The second-order valence-corrected chi connectivity index (χ2v) is 4.48. The Hall–Kier alpha value is -1.80. The van der Waals surface area contributed by atoms with Gasteiger partial charge in [-0.15, -0.1) is 0 Å². The second kappa shape index (κ2) is 10.0. The summed E-state index contributed by atoms with van der Waals surface area (Å²) in [5.74, 6) is -1.50. The van der Waals surface area contributed by atoms with Crippen molar-refractivity contribution in [3.05, 3.63) is 0 Å². The molecule has 0 aliphatic carbocycles. The minimum Gasteiger partial charge on any atom is -0.481 e. The van der Waals surface area contributed by atoms with E-state index in [1.807, 2.05) is 5.32 Å². The van der Waals surface area contributed by atoms with E-state index in [-0.39, 0.29) is 32.2 Å². The molecule has 0 aromatic heterocycles. The molecule has 0 spiro atoms. The maximum Gasteiger partial charge on any atom is 0.389 e. The smallest absolute Gasteiger partial charge is 0.389 e. The highest BCUT2D eigenvalue weighted by atomic mass is 19.4. The van der Waals surface area contributed by atoms with Crippen molar-refractivity contribution in [3.8, 4) is 0 Å². The Morgan fingerprint density at radius 2 is 1.57 bits per heavy atom. The quantitative estimate of drug-likeness (QED) is 0.569. The van der Waals surface area contributed by atoms with Crippen molar-refractivity contribution >= 4 is 17.9 Å². The molecule has 0 radical (unpaired) electrons. The molecule has 9 heteroatoms. The fourth-order valence-corrected chi connectivity index (χ4v) is 1.45. The van der Waals surface area contributed by atoms with E-state index in [9.17, 15) is 27.6 Å². The number of imide groups is 1. The van der Waals surface area contributed by atoms with E-state index in [4.69, 9.17) is 5.11 Å². The summed E-state index contributed by atoms with van der Waals surface area (Å²) in [4.78, 5) is 32.7. The molecule has 0 unspecified atom stereocenters. The summed E-state index contributed by atoms with van der Waals surface area (Å²) in [5.41, 5.74) is 0. The molecule has 0 saturated heterocycles. The van der Waals surface area contributed by atoms with Crippen LogP contribution in [0.1, 0.15) is 44.9 Å². The fraction of sp³-hybridized carbons (Fsp3) is 0.750. The molecule has 0 atom stereocenters. The maximum atomic E-state index is 11.8. The minimum absolute atomic E-state index is 0.0226. The van der Waals surface area contributed by atoms with Crippen LogP contribution in [0.5, 0.6) is 0 Å². The van der Waals surface area contributed by atoms with Gasteiger partial charge in [0.2, 0.25) is 5.91 Å². The first-order valence-electron chi connectivity index (χ1n) is 6.57. The average molecular weight is 312 g/mol. The molecular weight excluding hydrogens is 293 g/mol. The molecule has 21 heavy (non-hydrogen) atoms. The number of urea groups is 1. The summed E-state index contributed by atoms with van der Waals surface area (Å²) in [5, 5.41) is 12.7. The normalized spacial score (nSPS) is 11.0. The number of aliphatic carboxylic acids is 1. The van der Waals surface area contributed by atoms with Gasteiger partial charge < -0.3 is 10.4 Å². The van der Waals surface area contributed by atoms with Gasteiger partial charge >= 0.3 is 18.2 Å². The zero-order chi connectivity index (χ0) is 16.3. The molecule has 3 amide bonds. The predicted molar refractivity (Wildman–Crippen MR) is 67.6 cm³/mol. The van der Waals surface area contributed by atoms with Crippen molar-refractivity contribution in [2.75, 3.05) is 6.54 Å². The van der Waals surface area contributed by atoms with Gasteiger partial charge in [0.15, 0.2) is 0 Å². The molecule has 0 aliphatic heterocycles. The van der Waals surface area contributed by atoms with E-state index in [0.29, 0.717) is 12.8 Å². The molecule has 0 saturated carbocycles. The van der Waals surface area contributed by atoms with Crippen LogP contribution in [0, 0.1) is 0 Å². The van der Waals surface area contributed by atoms with E-state index >= 15 is 0 Å². The highest BCUT2D eigenvalue weighted by Gasteiger charge is 2.25. The first-order chi connectivity index (χ1) is 9.70. The lowest BCUT2D eigenvalue weighted by Crippen LogP contribution is -2.39. The third kappa shape index (κ3) is 14.4. The molecule has 0 heterocycles. The van der Waals surface area contributed by atoms with Crippen molar-refractivity contribution in [3.63, 3.8) is 0 Å². The number of carbonyl (C=O) groups excluding carboxylic acids is 2. The first kappa shape index (κ1) is 19.2. The Bertz CT molecular complexity index is 359. The minimum atomic E-state index is -4.20. The first-order valence-corrected chi connectivity index (χ1v) is 6.57. The third-order valence-electron chi connectivity index (χ3n) is 2.47. The van der Waals surface area contributed by atoms with Crippen LogP contribution < -0.4 is 10.6 Å². The lowest BCUT2D eigenvalue weighted by Gasteiger charge is -2.08. The Morgan fingerprint density at radius 3 is 2.14 bits per heavy atom. The van der Waals surface area contributed by atoms with E-state index in [1.54, 1.807) is 0 Å². The van der Waals surface area contributed by atoms with Crippen molar-refractivity contribution < 1.29 is 32.7 Å². The van der Waals surface area contributed by atoms with Gasteiger partial charge in [0.05, 0.1) is 0 Å². The van der Waals surface area contributed by atoms with Crippen molar-refractivity contribution in [1.82, 2.24) is 10.6 Å². The maximum absolute atomic E-state index is 11.8. The number of carbonyl (C=O) groups is 3. The van der Waals surface area contributed by atoms with Crippen LogP contribution >= 0.6 is 0 Å². The summed E-state index contributed by atoms with van der Waals surface area (Å²) >= 11 is 0. The molecule has 0 aromatic rings. The SMILES string of the molecule is O=C(O)CCCCC(=O)NC(=O)NCCCCC(F)(F)F. The summed E-state index contributed by atoms with van der Waals surface area (Å²) in [6, 6.07) is -0.759. The number of rotatable bonds is 9. The third-order valence-corrected chi connectivity index (χ3v) is 2.47. The van der Waals surface area contributed by atoms with Crippen LogP contribution in [0.15, 0.2) is 0 Å². The van der Waals surface area contributed by atoms with Gasteiger partial charge in [-0.1, -0.05) is 0 Å². The summed E-state index contributed by atoms with van der Waals surface area (Å²) in [6.45, 7) is 0.0498. The molecule has 122 valence electrons. The van der Waals surface area contributed by atoms with E-state index in [0.717, 1.165) is 0 Å². The predicted octanol–water partition coefficient (Wildman–Crippen LogP) is 2.19. The van der Waals surface area contributed by atoms with Gasteiger partial charge in [0.1, 0.15) is 0 Å². The Kier molecular flexibility index (Phi) is 9.15. The van der Waals surface area contributed by atoms with Crippen LogP contribution in [0.25, 0.3) is 0 Å². The lowest BCUT2D eigenvalue weighted by atomic mass is 10.2. The highest BCUT2D eigenvalue weighted by molar-refractivity contribution is 5.94. The fourth-order valence-electron chi connectivity index (χ4n) is 1.45. The van der Waals surface area contributed by atoms with Crippen LogP contribution in [0.2, 0.25) is 0 Å². The largest absolute Gasteiger partial charge is 0.481 e. The van der Waals surface area contributed by atoms with Crippen LogP contribution in [-0.2, 0) is 9.59 Å². The zero-order valence-electron chi connectivity index (χ0n) is 11.5. The standard InChI is InChI=1S/C12H19F3N2O4/c13-12(14,15)7-3-4-8-16-11(21)17-9(18)5-1-2-6-10(19)20/h1-8H2,(H,19,20)(H2,16,17,18,21). The number of unbranched alkanes of at least 4 members (excludes halogenated alkanes) is 2.